The number of sulfone groups is 1. The van der Waals surface area contributed by atoms with E-state index in [2.05, 4.69) is 0 Å². The number of ether oxygens (including phenoxy) is 1. The zero-order valence-electron chi connectivity index (χ0n) is 12.4. The average molecular weight is 331 g/mol. The quantitative estimate of drug-likeness (QED) is 0.908. The molecule has 2 aromatic carbocycles. The molecule has 2 aromatic rings. The zero-order valence-corrected chi connectivity index (χ0v) is 13.3. The summed E-state index contributed by atoms with van der Waals surface area (Å²) in [4.78, 5) is 11.4. The van der Waals surface area contributed by atoms with Crippen molar-refractivity contribution in [3.05, 3.63) is 59.7 Å². The molecule has 1 atom stereocenters. The van der Waals surface area contributed by atoms with Crippen molar-refractivity contribution in [2.24, 2.45) is 5.73 Å². The minimum Gasteiger partial charge on any atom is -0.368 e. The van der Waals surface area contributed by atoms with Gasteiger partial charge >= 0.3 is 0 Å². The number of benzene rings is 2. The lowest BCUT2D eigenvalue weighted by molar-refractivity contribution is -0.124. The summed E-state index contributed by atoms with van der Waals surface area (Å²) in [7, 11) is -3.52. The molecule has 0 fully saturated rings. The predicted octanol–water partition coefficient (Wildman–Crippen LogP) is 2.01. The van der Waals surface area contributed by atoms with Gasteiger partial charge in [-0.15, -0.1) is 0 Å². The first-order valence-electron chi connectivity index (χ1n) is 7.31. The molecular formula is C17H17NO4S. The molecule has 1 amide bonds. The van der Waals surface area contributed by atoms with Gasteiger partial charge < -0.3 is 10.5 Å². The van der Waals surface area contributed by atoms with Crippen LogP contribution < -0.4 is 5.73 Å². The fraction of sp³-hybridized carbons (Fsp3) is 0.235. The Morgan fingerprint density at radius 2 is 1.87 bits per heavy atom. The van der Waals surface area contributed by atoms with Crippen LogP contribution in [0, 0.1) is 0 Å². The number of carbonyl (C=O) groups excluding carboxylic acids is 1. The standard InChI is InChI=1S/C17H17NO4S/c18-17(19)11-22-16-9-6-12-10-14(7-8-15(12)16)23(20,21)13-4-2-1-3-5-13/h1-5,7-8,10,16H,6,9,11H2,(H2,18,19). The van der Waals surface area contributed by atoms with Crippen LogP contribution in [0.4, 0.5) is 0 Å². The van der Waals surface area contributed by atoms with E-state index in [1.54, 1.807) is 48.5 Å². The number of aryl methyl sites for hydroxylation is 1. The van der Waals surface area contributed by atoms with Crippen LogP contribution in [0.2, 0.25) is 0 Å². The number of fused-ring (bicyclic) bond motifs is 1. The fourth-order valence-electron chi connectivity index (χ4n) is 2.81. The molecule has 120 valence electrons. The maximum atomic E-state index is 12.6. The van der Waals surface area contributed by atoms with E-state index in [9.17, 15) is 13.2 Å². The second-order valence-electron chi connectivity index (χ2n) is 5.48. The molecule has 0 saturated heterocycles. The first-order valence-corrected chi connectivity index (χ1v) is 8.79. The Balaban J connectivity index is 1.90. The number of rotatable bonds is 5. The molecule has 0 spiro atoms. The zero-order chi connectivity index (χ0) is 16.4. The molecular weight excluding hydrogens is 314 g/mol. The molecule has 0 heterocycles. The highest BCUT2D eigenvalue weighted by atomic mass is 32.2. The predicted molar refractivity (Wildman–Crippen MR) is 84.5 cm³/mol. The van der Waals surface area contributed by atoms with Crippen LogP contribution in [0.3, 0.4) is 0 Å². The van der Waals surface area contributed by atoms with Crippen molar-refractivity contribution >= 4 is 15.7 Å². The van der Waals surface area contributed by atoms with Gasteiger partial charge in [-0.25, -0.2) is 8.42 Å². The van der Waals surface area contributed by atoms with Crippen LogP contribution in [0.5, 0.6) is 0 Å². The highest BCUT2D eigenvalue weighted by molar-refractivity contribution is 7.91. The maximum absolute atomic E-state index is 12.6. The molecule has 3 rings (SSSR count). The molecule has 0 aliphatic heterocycles. The van der Waals surface area contributed by atoms with Crippen molar-refractivity contribution in [3.8, 4) is 0 Å². The first-order chi connectivity index (χ1) is 11.0. The number of carbonyl (C=O) groups is 1. The molecule has 6 heteroatoms. The topological polar surface area (TPSA) is 86.5 Å². The van der Waals surface area contributed by atoms with Crippen LogP contribution in [-0.4, -0.2) is 20.9 Å². The number of amides is 1. The van der Waals surface area contributed by atoms with E-state index >= 15 is 0 Å². The van der Waals surface area contributed by atoms with Crippen LogP contribution in [-0.2, 0) is 25.8 Å². The lowest BCUT2D eigenvalue weighted by Crippen LogP contribution is -2.19. The Hall–Kier alpha value is -2.18. The number of nitrogens with two attached hydrogens (primary N) is 1. The van der Waals surface area contributed by atoms with E-state index in [1.807, 2.05) is 0 Å². The van der Waals surface area contributed by atoms with E-state index in [-0.39, 0.29) is 22.5 Å². The summed E-state index contributed by atoms with van der Waals surface area (Å²) in [5, 5.41) is 0. The lowest BCUT2D eigenvalue weighted by Gasteiger charge is -2.12. The van der Waals surface area contributed by atoms with Gasteiger partial charge in [0.15, 0.2) is 0 Å². The summed E-state index contributed by atoms with van der Waals surface area (Å²) in [6, 6.07) is 13.4. The molecule has 0 bridgehead atoms. The second-order valence-corrected chi connectivity index (χ2v) is 7.43. The molecule has 0 radical (unpaired) electrons. The third-order valence-corrected chi connectivity index (χ3v) is 5.70. The summed E-state index contributed by atoms with van der Waals surface area (Å²) in [5.41, 5.74) is 6.96. The number of primary amides is 1. The van der Waals surface area contributed by atoms with Crippen LogP contribution in [0.15, 0.2) is 58.3 Å². The van der Waals surface area contributed by atoms with E-state index in [0.717, 1.165) is 24.0 Å². The van der Waals surface area contributed by atoms with Crippen LogP contribution >= 0.6 is 0 Å². The van der Waals surface area contributed by atoms with Gasteiger partial charge in [-0.3, -0.25) is 4.79 Å². The van der Waals surface area contributed by atoms with E-state index < -0.39 is 15.7 Å². The monoisotopic (exact) mass is 331 g/mol. The average Bonchev–Trinajstić information content (AvgIpc) is 2.96. The fourth-order valence-corrected chi connectivity index (χ4v) is 4.15. The van der Waals surface area contributed by atoms with Crippen LogP contribution in [0.25, 0.3) is 0 Å². The van der Waals surface area contributed by atoms with E-state index in [1.165, 1.54) is 0 Å². The maximum Gasteiger partial charge on any atom is 0.243 e. The summed E-state index contributed by atoms with van der Waals surface area (Å²) >= 11 is 0. The van der Waals surface area contributed by atoms with Gasteiger partial charge in [-0.2, -0.15) is 0 Å². The molecule has 2 N–H and O–H groups in total. The van der Waals surface area contributed by atoms with Crippen molar-refractivity contribution in [2.45, 2.75) is 28.7 Å². The van der Waals surface area contributed by atoms with Gasteiger partial charge in [0.1, 0.15) is 6.61 Å². The third kappa shape index (κ3) is 3.13. The largest absolute Gasteiger partial charge is 0.368 e. The molecule has 1 aliphatic rings. The Bertz CT molecular complexity index is 831. The van der Waals surface area contributed by atoms with Gasteiger partial charge in [-0.05, 0) is 48.2 Å². The Morgan fingerprint density at radius 1 is 1.13 bits per heavy atom. The van der Waals surface area contributed by atoms with Gasteiger partial charge in [0.2, 0.25) is 15.7 Å². The van der Waals surface area contributed by atoms with Crippen molar-refractivity contribution in [1.29, 1.82) is 0 Å². The molecule has 1 aliphatic carbocycles. The second kappa shape index (κ2) is 6.14. The summed E-state index contributed by atoms with van der Waals surface area (Å²) < 4.78 is 30.8. The normalized spacial score (nSPS) is 17.0. The van der Waals surface area contributed by atoms with Gasteiger partial charge in [0.25, 0.3) is 0 Å². The van der Waals surface area contributed by atoms with Gasteiger partial charge in [0, 0.05) is 0 Å². The Morgan fingerprint density at radius 3 is 2.57 bits per heavy atom. The van der Waals surface area contributed by atoms with Crippen molar-refractivity contribution < 1.29 is 17.9 Å². The molecule has 23 heavy (non-hydrogen) atoms. The van der Waals surface area contributed by atoms with Crippen molar-refractivity contribution in [2.75, 3.05) is 6.61 Å². The highest BCUT2D eigenvalue weighted by Crippen LogP contribution is 2.36. The van der Waals surface area contributed by atoms with E-state index in [4.69, 9.17) is 10.5 Å². The first kappa shape index (κ1) is 15.7. The third-order valence-electron chi connectivity index (χ3n) is 3.93. The number of hydrogen-bond acceptors (Lipinski definition) is 4. The van der Waals surface area contributed by atoms with Crippen molar-refractivity contribution in [1.82, 2.24) is 0 Å². The van der Waals surface area contributed by atoms with Gasteiger partial charge in [-0.1, -0.05) is 24.3 Å². The Labute approximate surface area is 135 Å². The van der Waals surface area contributed by atoms with E-state index in [0.29, 0.717) is 0 Å². The summed E-state index contributed by atoms with van der Waals surface area (Å²) in [6.45, 7) is -0.131. The highest BCUT2D eigenvalue weighted by Gasteiger charge is 2.26. The molecule has 1 unspecified atom stereocenters. The SMILES string of the molecule is NC(=O)COC1CCc2cc(S(=O)(=O)c3ccccc3)ccc21. The van der Waals surface area contributed by atoms with Gasteiger partial charge in [0.05, 0.1) is 15.9 Å². The molecule has 0 saturated carbocycles. The smallest absolute Gasteiger partial charge is 0.243 e. The van der Waals surface area contributed by atoms with Crippen molar-refractivity contribution in [3.63, 3.8) is 0 Å². The molecule has 5 nitrogen and oxygen atoms in total. The van der Waals surface area contributed by atoms with Crippen LogP contribution in [0.1, 0.15) is 23.7 Å². The summed E-state index contributed by atoms with van der Waals surface area (Å²) in [6.07, 6.45) is 1.24. The minimum absolute atomic E-state index is 0.131. The Kier molecular flexibility index (Phi) is 4.19. The summed E-state index contributed by atoms with van der Waals surface area (Å²) in [5.74, 6) is -0.512. The molecule has 0 aromatic heterocycles. The number of hydrogen-bond donors (Lipinski definition) is 1. The lowest BCUT2D eigenvalue weighted by atomic mass is 10.1. The minimum atomic E-state index is -3.52.